The molecule has 0 aliphatic heterocycles. The van der Waals surface area contributed by atoms with Gasteiger partial charge in [0.1, 0.15) is 0 Å². The highest BCUT2D eigenvalue weighted by Crippen LogP contribution is 2.43. The molecule has 1 fully saturated rings. The van der Waals surface area contributed by atoms with Crippen LogP contribution in [-0.2, 0) is 4.79 Å². The number of phenols is 1. The smallest absolute Gasteiger partial charge is 0.264 e. The molecular formula is C12H12F3NO2. The largest absolute Gasteiger partial charge is 0.505 e. The van der Waals surface area contributed by atoms with E-state index in [2.05, 4.69) is 5.32 Å². The number of benzene rings is 1. The number of carbonyl (C=O) groups excluding carboxylic acids is 1. The summed E-state index contributed by atoms with van der Waals surface area (Å²) in [5.74, 6) is -2.00. The van der Waals surface area contributed by atoms with E-state index in [0.29, 0.717) is 19.3 Å². The topological polar surface area (TPSA) is 49.3 Å². The molecule has 0 aromatic heterocycles. The second-order valence-electron chi connectivity index (χ2n) is 4.35. The second-order valence-corrected chi connectivity index (χ2v) is 4.35. The molecule has 0 spiro atoms. The molecule has 0 bridgehead atoms. The summed E-state index contributed by atoms with van der Waals surface area (Å²) in [5.41, 5.74) is -0.520. The van der Waals surface area contributed by atoms with E-state index in [1.54, 1.807) is 0 Å². The lowest BCUT2D eigenvalue weighted by atomic mass is 9.74. The average Bonchev–Trinajstić information content (AvgIpc) is 2.27. The lowest BCUT2D eigenvalue weighted by Crippen LogP contribution is -2.39. The van der Waals surface area contributed by atoms with Gasteiger partial charge < -0.3 is 10.4 Å². The summed E-state index contributed by atoms with van der Waals surface area (Å²) in [6.07, 6.45) is -1.45. The second kappa shape index (κ2) is 4.88. The number of halogens is 3. The standard InChI is InChI=1S/C12H12F3NO2/c13-11-9(18)2-1-8(12(14)15)10(11)6-3-7(4-6)16-5-17/h1-2,5-7,12,18H,3-4H2,(H,16,17). The first-order chi connectivity index (χ1) is 8.54. The zero-order chi connectivity index (χ0) is 13.3. The minimum atomic E-state index is -2.78. The van der Waals surface area contributed by atoms with Gasteiger partial charge in [0.15, 0.2) is 11.6 Å². The molecule has 1 aliphatic carbocycles. The summed E-state index contributed by atoms with van der Waals surface area (Å²) in [4.78, 5) is 10.2. The van der Waals surface area contributed by atoms with Gasteiger partial charge in [-0.2, -0.15) is 0 Å². The number of rotatable bonds is 4. The van der Waals surface area contributed by atoms with Gasteiger partial charge in [0.05, 0.1) is 0 Å². The number of hydrogen-bond donors (Lipinski definition) is 2. The first-order valence-electron chi connectivity index (χ1n) is 5.53. The molecule has 0 saturated heterocycles. The lowest BCUT2D eigenvalue weighted by molar-refractivity contribution is -0.110. The zero-order valence-electron chi connectivity index (χ0n) is 9.37. The summed E-state index contributed by atoms with van der Waals surface area (Å²) in [7, 11) is 0. The van der Waals surface area contributed by atoms with Crippen LogP contribution in [0, 0.1) is 5.82 Å². The normalized spacial score (nSPS) is 22.7. The van der Waals surface area contributed by atoms with E-state index in [0.717, 1.165) is 12.1 Å². The third kappa shape index (κ3) is 2.14. The molecule has 2 rings (SSSR count). The van der Waals surface area contributed by atoms with Crippen LogP contribution in [0.25, 0.3) is 0 Å². The van der Waals surface area contributed by atoms with Gasteiger partial charge in [0.2, 0.25) is 6.41 Å². The molecule has 1 amide bonds. The predicted molar refractivity (Wildman–Crippen MR) is 58.0 cm³/mol. The van der Waals surface area contributed by atoms with Gasteiger partial charge in [-0.15, -0.1) is 0 Å². The first kappa shape index (κ1) is 12.7. The Morgan fingerprint density at radius 2 is 2.06 bits per heavy atom. The van der Waals surface area contributed by atoms with Crippen LogP contribution in [-0.4, -0.2) is 17.6 Å². The van der Waals surface area contributed by atoms with Crippen LogP contribution >= 0.6 is 0 Å². The minimum Gasteiger partial charge on any atom is -0.505 e. The van der Waals surface area contributed by atoms with E-state index in [1.807, 2.05) is 0 Å². The Morgan fingerprint density at radius 3 is 2.61 bits per heavy atom. The van der Waals surface area contributed by atoms with Crippen LogP contribution in [0.2, 0.25) is 0 Å². The van der Waals surface area contributed by atoms with E-state index in [-0.39, 0.29) is 17.2 Å². The van der Waals surface area contributed by atoms with Crippen molar-refractivity contribution < 1.29 is 23.1 Å². The highest BCUT2D eigenvalue weighted by Gasteiger charge is 2.35. The number of carbonyl (C=O) groups is 1. The molecule has 0 heterocycles. The highest BCUT2D eigenvalue weighted by atomic mass is 19.3. The molecule has 0 radical (unpaired) electrons. The van der Waals surface area contributed by atoms with Gasteiger partial charge in [0, 0.05) is 17.2 Å². The van der Waals surface area contributed by atoms with Crippen molar-refractivity contribution >= 4 is 6.41 Å². The summed E-state index contributed by atoms with van der Waals surface area (Å²) >= 11 is 0. The van der Waals surface area contributed by atoms with Crippen molar-refractivity contribution in [2.75, 3.05) is 0 Å². The third-order valence-corrected chi connectivity index (χ3v) is 3.28. The van der Waals surface area contributed by atoms with Crippen LogP contribution in [0.1, 0.15) is 36.3 Å². The Balaban J connectivity index is 2.27. The van der Waals surface area contributed by atoms with Crippen molar-refractivity contribution in [3.8, 4) is 5.75 Å². The maximum absolute atomic E-state index is 13.7. The molecule has 0 atom stereocenters. The quantitative estimate of drug-likeness (QED) is 0.816. The predicted octanol–water partition coefficient (Wildman–Crippen LogP) is 2.46. The average molecular weight is 259 g/mol. The third-order valence-electron chi connectivity index (χ3n) is 3.28. The van der Waals surface area contributed by atoms with Gasteiger partial charge in [-0.1, -0.05) is 0 Å². The molecule has 3 nitrogen and oxygen atoms in total. The fourth-order valence-electron chi connectivity index (χ4n) is 2.29. The molecule has 1 aromatic carbocycles. The van der Waals surface area contributed by atoms with Gasteiger partial charge in [-0.25, -0.2) is 13.2 Å². The summed E-state index contributed by atoms with van der Waals surface area (Å²) in [5, 5.41) is 11.8. The SMILES string of the molecule is O=CNC1CC(c2c(C(F)F)ccc(O)c2F)C1. The first-order valence-corrected chi connectivity index (χ1v) is 5.53. The Kier molecular flexibility index (Phi) is 3.45. The number of aromatic hydroxyl groups is 1. The van der Waals surface area contributed by atoms with E-state index in [1.165, 1.54) is 0 Å². The van der Waals surface area contributed by atoms with Crippen LogP contribution in [0.5, 0.6) is 5.75 Å². The molecule has 6 heteroatoms. The maximum atomic E-state index is 13.7. The van der Waals surface area contributed by atoms with Crippen molar-refractivity contribution in [2.24, 2.45) is 0 Å². The summed E-state index contributed by atoms with van der Waals surface area (Å²) in [6.45, 7) is 0. The van der Waals surface area contributed by atoms with Crippen LogP contribution in [0.3, 0.4) is 0 Å². The number of amides is 1. The molecule has 18 heavy (non-hydrogen) atoms. The van der Waals surface area contributed by atoms with Gasteiger partial charge in [0.25, 0.3) is 6.43 Å². The lowest BCUT2D eigenvalue weighted by Gasteiger charge is -2.36. The number of nitrogens with one attached hydrogen (secondary N) is 1. The van der Waals surface area contributed by atoms with E-state index < -0.39 is 23.9 Å². The Bertz CT molecular complexity index is 459. The molecular weight excluding hydrogens is 247 g/mol. The number of hydrogen-bond acceptors (Lipinski definition) is 2. The van der Waals surface area contributed by atoms with Crippen molar-refractivity contribution in [3.05, 3.63) is 29.1 Å². The maximum Gasteiger partial charge on any atom is 0.264 e. The van der Waals surface area contributed by atoms with Gasteiger partial charge in [-0.05, 0) is 30.9 Å². The molecule has 1 aromatic rings. The number of alkyl halides is 2. The molecule has 98 valence electrons. The van der Waals surface area contributed by atoms with Crippen LogP contribution < -0.4 is 5.32 Å². The number of phenolic OH excluding ortho intramolecular Hbond substituents is 1. The van der Waals surface area contributed by atoms with E-state index in [9.17, 15) is 23.1 Å². The van der Waals surface area contributed by atoms with Crippen LogP contribution in [0.4, 0.5) is 13.2 Å². The van der Waals surface area contributed by atoms with Crippen LogP contribution in [0.15, 0.2) is 12.1 Å². The Hall–Kier alpha value is -1.72. The molecule has 1 saturated carbocycles. The zero-order valence-corrected chi connectivity index (χ0v) is 9.37. The van der Waals surface area contributed by atoms with Gasteiger partial charge in [-0.3, -0.25) is 4.79 Å². The summed E-state index contributed by atoms with van der Waals surface area (Å²) in [6, 6.07) is 1.86. The van der Waals surface area contributed by atoms with E-state index >= 15 is 0 Å². The summed E-state index contributed by atoms with van der Waals surface area (Å²) < 4.78 is 39.3. The minimum absolute atomic E-state index is 0.111. The van der Waals surface area contributed by atoms with Crippen molar-refractivity contribution in [2.45, 2.75) is 31.2 Å². The van der Waals surface area contributed by atoms with E-state index in [4.69, 9.17) is 0 Å². The van der Waals surface area contributed by atoms with Crippen molar-refractivity contribution in [1.82, 2.24) is 5.32 Å². The van der Waals surface area contributed by atoms with Gasteiger partial charge >= 0.3 is 0 Å². The molecule has 1 aliphatic rings. The highest BCUT2D eigenvalue weighted by molar-refractivity contribution is 5.48. The molecule has 0 unspecified atom stereocenters. The van der Waals surface area contributed by atoms with Crippen molar-refractivity contribution in [3.63, 3.8) is 0 Å². The monoisotopic (exact) mass is 259 g/mol. The molecule has 2 N–H and O–H groups in total. The fraction of sp³-hybridized carbons (Fsp3) is 0.417. The fourth-order valence-corrected chi connectivity index (χ4v) is 2.29. The Morgan fingerprint density at radius 1 is 1.39 bits per heavy atom. The Labute approximate surface area is 102 Å². The van der Waals surface area contributed by atoms with Crippen molar-refractivity contribution in [1.29, 1.82) is 0 Å².